The summed E-state index contributed by atoms with van der Waals surface area (Å²) in [5.41, 5.74) is -1.37. The second-order valence-electron chi connectivity index (χ2n) is 15.1. The average Bonchev–Trinajstić information content (AvgIpc) is 3.48. The minimum Gasteiger partial charge on any atom is -0.440 e. The molecular weight excluding hydrogens is 648 g/mol. The van der Waals surface area contributed by atoms with Crippen molar-refractivity contribution in [2.45, 2.75) is 104 Å². The molecule has 1 aromatic carbocycles. The first kappa shape index (κ1) is 38.0. The fraction of sp³-hybridized carbons (Fsp3) is 0.568. The standard InChI is InChI=1S/C37H49ClN4O7/c1-22(43)32(45)37(5,6)31(40-34(47)29-16-17-30(38)49-29)35(48)39-26(18-23-12-8-7-9-13-23)28(44)21-42-20-25-15-11-10-14-24(25)19-27(42)33(46)41-36(2,3)4/h7-9,12-13,16-17,24-27,31H,10-11,14-15,18-21H2,1-6H3,(H,39,48)(H,40,47)(H,41,46)/t24-,25?,26?,27?,31+/m0/s1. The molecule has 0 bridgehead atoms. The number of carbonyl (C=O) groups is 6. The van der Waals surface area contributed by atoms with E-state index in [1.807, 2.05) is 56.0 Å². The summed E-state index contributed by atoms with van der Waals surface area (Å²) in [7, 11) is 0. The van der Waals surface area contributed by atoms with E-state index >= 15 is 0 Å². The predicted molar refractivity (Wildman–Crippen MR) is 185 cm³/mol. The van der Waals surface area contributed by atoms with Gasteiger partial charge >= 0.3 is 0 Å². The molecule has 0 radical (unpaired) electrons. The highest BCUT2D eigenvalue weighted by Gasteiger charge is 2.46. The van der Waals surface area contributed by atoms with Crippen molar-refractivity contribution in [3.05, 3.63) is 59.0 Å². The van der Waals surface area contributed by atoms with Crippen LogP contribution in [0.15, 0.2) is 46.9 Å². The molecule has 1 saturated carbocycles. The van der Waals surface area contributed by atoms with Gasteiger partial charge in [0.2, 0.25) is 17.6 Å². The summed E-state index contributed by atoms with van der Waals surface area (Å²) < 4.78 is 5.20. The molecule has 1 aromatic heterocycles. The van der Waals surface area contributed by atoms with E-state index in [1.165, 1.54) is 26.0 Å². The quantitative estimate of drug-likeness (QED) is 0.262. The largest absolute Gasteiger partial charge is 0.440 e. The molecule has 2 heterocycles. The van der Waals surface area contributed by atoms with Gasteiger partial charge in [-0.2, -0.15) is 0 Å². The number of rotatable bonds is 13. The van der Waals surface area contributed by atoms with Gasteiger partial charge in [0.15, 0.2) is 22.5 Å². The summed E-state index contributed by atoms with van der Waals surface area (Å²) in [4.78, 5) is 82.4. The van der Waals surface area contributed by atoms with Crippen LogP contribution in [0.3, 0.4) is 0 Å². The molecule has 3 unspecified atom stereocenters. The van der Waals surface area contributed by atoms with E-state index in [1.54, 1.807) is 0 Å². The molecule has 1 aliphatic carbocycles. The molecule has 4 rings (SSSR count). The first-order valence-electron chi connectivity index (χ1n) is 17.0. The molecule has 2 aromatic rings. The summed E-state index contributed by atoms with van der Waals surface area (Å²) >= 11 is 5.85. The first-order chi connectivity index (χ1) is 23.0. The lowest BCUT2D eigenvalue weighted by atomic mass is 9.72. The second-order valence-corrected chi connectivity index (χ2v) is 15.4. The number of hydrogen-bond donors (Lipinski definition) is 3. The van der Waals surface area contributed by atoms with Gasteiger partial charge < -0.3 is 20.4 Å². The van der Waals surface area contributed by atoms with Crippen LogP contribution in [0.2, 0.25) is 5.22 Å². The van der Waals surface area contributed by atoms with Crippen molar-refractivity contribution in [2.24, 2.45) is 17.3 Å². The van der Waals surface area contributed by atoms with Crippen LogP contribution in [0.1, 0.15) is 89.8 Å². The maximum Gasteiger partial charge on any atom is 0.287 e. The molecule has 1 saturated heterocycles. The lowest BCUT2D eigenvalue weighted by molar-refractivity contribution is -0.144. The number of benzene rings is 1. The topological polar surface area (TPSA) is 155 Å². The Bertz CT molecular complexity index is 1550. The number of fused-ring (bicyclic) bond motifs is 1. The molecule has 11 nitrogen and oxygen atoms in total. The average molecular weight is 697 g/mol. The molecule has 2 aliphatic rings. The highest BCUT2D eigenvalue weighted by atomic mass is 35.5. The SMILES string of the molecule is CC(=O)C(=O)C(C)(C)[C@H](NC(=O)c1ccc(Cl)o1)C(=O)NC(Cc1ccccc1)C(=O)CN1CC2CCCC[C@H]2CC1C(=O)NC(C)(C)C. The van der Waals surface area contributed by atoms with Gasteiger partial charge in [0, 0.05) is 19.0 Å². The fourth-order valence-corrected chi connectivity index (χ4v) is 7.20. The van der Waals surface area contributed by atoms with E-state index < -0.39 is 52.5 Å². The zero-order valence-electron chi connectivity index (χ0n) is 29.3. The third kappa shape index (κ3) is 9.88. The van der Waals surface area contributed by atoms with Crippen LogP contribution in [0, 0.1) is 17.3 Å². The highest BCUT2D eigenvalue weighted by molar-refractivity contribution is 6.38. The Morgan fingerprint density at radius 1 is 0.918 bits per heavy atom. The number of piperidine rings is 1. The summed E-state index contributed by atoms with van der Waals surface area (Å²) in [6.45, 7) is 10.1. The molecule has 0 spiro atoms. The predicted octanol–water partition coefficient (Wildman–Crippen LogP) is 4.31. The molecule has 266 valence electrons. The van der Waals surface area contributed by atoms with Crippen molar-refractivity contribution in [3.8, 4) is 0 Å². The number of amides is 3. The summed E-state index contributed by atoms with van der Waals surface area (Å²) in [6.07, 6.45) is 5.12. The van der Waals surface area contributed by atoms with Gasteiger partial charge in [-0.3, -0.25) is 33.7 Å². The monoisotopic (exact) mass is 696 g/mol. The van der Waals surface area contributed by atoms with Crippen molar-refractivity contribution in [3.63, 3.8) is 0 Å². The van der Waals surface area contributed by atoms with E-state index in [0.717, 1.165) is 38.2 Å². The smallest absolute Gasteiger partial charge is 0.287 e. The molecule has 1 aliphatic heterocycles. The van der Waals surface area contributed by atoms with Crippen LogP contribution in [-0.2, 0) is 30.4 Å². The molecule has 12 heteroatoms. The number of Topliss-reactive ketones (excluding diaryl/α,β-unsaturated/α-hetero) is 3. The summed E-state index contributed by atoms with van der Waals surface area (Å²) in [6, 6.07) is 8.69. The van der Waals surface area contributed by atoms with Crippen molar-refractivity contribution in [1.82, 2.24) is 20.9 Å². The normalized spacial score (nSPS) is 21.1. The van der Waals surface area contributed by atoms with Crippen molar-refractivity contribution in [1.29, 1.82) is 0 Å². The van der Waals surface area contributed by atoms with Gasteiger partial charge in [0.1, 0.15) is 6.04 Å². The molecule has 3 N–H and O–H groups in total. The third-order valence-corrected chi connectivity index (χ3v) is 9.81. The van der Waals surface area contributed by atoms with E-state index in [-0.39, 0.29) is 35.6 Å². The van der Waals surface area contributed by atoms with Gasteiger partial charge in [-0.25, -0.2) is 0 Å². The number of likely N-dealkylation sites (tertiary alicyclic amines) is 1. The molecule has 3 amide bonds. The zero-order chi connectivity index (χ0) is 36.1. The van der Waals surface area contributed by atoms with Gasteiger partial charge in [-0.1, -0.05) is 49.6 Å². The number of nitrogens with one attached hydrogen (secondary N) is 3. The summed E-state index contributed by atoms with van der Waals surface area (Å²) in [5.74, 6) is -3.19. The lowest BCUT2D eigenvalue weighted by Gasteiger charge is -2.46. The van der Waals surface area contributed by atoms with Gasteiger partial charge in [-0.05, 0) is 95.0 Å². The van der Waals surface area contributed by atoms with E-state index in [4.69, 9.17) is 16.0 Å². The van der Waals surface area contributed by atoms with Gasteiger partial charge in [-0.15, -0.1) is 0 Å². The maximum atomic E-state index is 14.3. The first-order valence-corrected chi connectivity index (χ1v) is 17.4. The number of halogens is 1. The Morgan fingerprint density at radius 3 is 2.16 bits per heavy atom. The van der Waals surface area contributed by atoms with Crippen LogP contribution in [0.25, 0.3) is 0 Å². The zero-order valence-corrected chi connectivity index (χ0v) is 30.0. The Labute approximate surface area is 293 Å². The molecule has 49 heavy (non-hydrogen) atoms. The summed E-state index contributed by atoms with van der Waals surface area (Å²) in [5, 5.41) is 8.39. The number of carbonyl (C=O) groups excluding carboxylic acids is 6. The van der Waals surface area contributed by atoms with Crippen LogP contribution < -0.4 is 16.0 Å². The Morgan fingerprint density at radius 2 is 1.57 bits per heavy atom. The van der Waals surface area contributed by atoms with Crippen LogP contribution >= 0.6 is 11.6 Å². The van der Waals surface area contributed by atoms with Crippen LogP contribution in [-0.4, -0.2) is 76.7 Å². The molecule has 2 fully saturated rings. The second kappa shape index (κ2) is 15.8. The minimum absolute atomic E-state index is 0.0505. The maximum absolute atomic E-state index is 14.3. The Kier molecular flexibility index (Phi) is 12.2. The van der Waals surface area contributed by atoms with E-state index in [2.05, 4.69) is 16.0 Å². The Hall–Kier alpha value is -3.83. The number of ketones is 3. The third-order valence-electron chi connectivity index (χ3n) is 9.61. The van der Waals surface area contributed by atoms with Crippen molar-refractivity contribution in [2.75, 3.05) is 13.1 Å². The lowest BCUT2D eigenvalue weighted by Crippen LogP contribution is -2.62. The van der Waals surface area contributed by atoms with E-state index in [9.17, 15) is 28.8 Å². The van der Waals surface area contributed by atoms with Gasteiger partial charge in [0.25, 0.3) is 5.91 Å². The number of hydrogen-bond acceptors (Lipinski definition) is 8. The number of nitrogens with zero attached hydrogens (tertiary/aromatic N) is 1. The highest BCUT2D eigenvalue weighted by Crippen LogP contribution is 2.39. The van der Waals surface area contributed by atoms with Gasteiger partial charge in [0.05, 0.1) is 24.0 Å². The minimum atomic E-state index is -1.69. The van der Waals surface area contributed by atoms with Crippen LogP contribution in [0.5, 0.6) is 0 Å². The van der Waals surface area contributed by atoms with Crippen molar-refractivity contribution >= 4 is 46.7 Å². The number of furan rings is 1. The van der Waals surface area contributed by atoms with Crippen molar-refractivity contribution < 1.29 is 33.2 Å². The molecule has 5 atom stereocenters. The molecular formula is C37H49ClN4O7. The van der Waals surface area contributed by atoms with Crippen LogP contribution in [0.4, 0.5) is 0 Å². The fourth-order valence-electron chi connectivity index (χ4n) is 7.06. The Balaban J connectivity index is 1.64. The van der Waals surface area contributed by atoms with E-state index in [0.29, 0.717) is 24.8 Å².